The number of hydrogen-bond donors (Lipinski definition) is 2. The Bertz CT molecular complexity index is 1160. The molecule has 0 aliphatic heterocycles. The molecule has 0 saturated heterocycles. The molecule has 1 aromatic heterocycles. The molecule has 0 fully saturated rings. The molecule has 0 radical (unpaired) electrons. The number of benzene rings is 3. The van der Waals surface area contributed by atoms with Crippen LogP contribution in [0.5, 0.6) is 0 Å². The number of carbonyl (C=O) groups is 1. The number of nitrogens with two attached hydrogens (primary N) is 1. The summed E-state index contributed by atoms with van der Waals surface area (Å²) >= 11 is 7.25. The van der Waals surface area contributed by atoms with E-state index in [1.54, 1.807) is 6.07 Å². The Morgan fingerprint density at radius 1 is 1.11 bits per heavy atom. The molecule has 4 rings (SSSR count). The van der Waals surface area contributed by atoms with Crippen LogP contribution in [-0.2, 0) is 11.2 Å². The molecule has 140 valence electrons. The molecule has 3 aromatic carbocycles. The summed E-state index contributed by atoms with van der Waals surface area (Å²) in [7, 11) is 0. The number of carbonyl (C=O) groups excluding carboxylic acids is 1. The van der Waals surface area contributed by atoms with Crippen molar-refractivity contribution in [2.24, 2.45) is 5.14 Å². The van der Waals surface area contributed by atoms with Gasteiger partial charge in [-0.15, -0.1) is 0 Å². The minimum Gasteiger partial charge on any atom is -0.326 e. The fraction of sp³-hybridized carbons (Fsp3) is 0.0476. The van der Waals surface area contributed by atoms with Crippen molar-refractivity contribution in [3.63, 3.8) is 0 Å². The minimum atomic E-state index is -0.140. The molecule has 0 saturated carbocycles. The van der Waals surface area contributed by atoms with Gasteiger partial charge in [-0.2, -0.15) is 5.10 Å². The van der Waals surface area contributed by atoms with E-state index in [4.69, 9.17) is 16.7 Å². The van der Waals surface area contributed by atoms with Crippen LogP contribution in [0.15, 0.2) is 77.8 Å². The van der Waals surface area contributed by atoms with Gasteiger partial charge >= 0.3 is 0 Å². The molecule has 0 unspecified atom stereocenters. The first-order chi connectivity index (χ1) is 13.7. The van der Waals surface area contributed by atoms with Crippen LogP contribution in [0.1, 0.15) is 5.56 Å². The highest BCUT2D eigenvalue weighted by molar-refractivity contribution is 7.97. The first-order valence-electron chi connectivity index (χ1n) is 8.63. The summed E-state index contributed by atoms with van der Waals surface area (Å²) in [6.07, 6.45) is 2.02. The van der Waals surface area contributed by atoms with Gasteiger partial charge in [0.05, 0.1) is 28.7 Å². The lowest BCUT2D eigenvalue weighted by atomic mass is 10.1. The molecule has 0 bridgehead atoms. The average molecular weight is 409 g/mol. The SMILES string of the molecule is NSc1cc(NC(=O)Cc2ccccc2Cl)ccc1-n1ncc2ccccc21. The zero-order chi connectivity index (χ0) is 19.5. The Labute approximate surface area is 171 Å². The van der Waals surface area contributed by atoms with Crippen LogP contribution in [0.25, 0.3) is 16.6 Å². The first-order valence-corrected chi connectivity index (χ1v) is 9.88. The third kappa shape index (κ3) is 3.75. The van der Waals surface area contributed by atoms with Crippen LogP contribution in [-0.4, -0.2) is 15.7 Å². The largest absolute Gasteiger partial charge is 0.326 e. The van der Waals surface area contributed by atoms with E-state index in [2.05, 4.69) is 10.4 Å². The topological polar surface area (TPSA) is 72.9 Å². The highest BCUT2D eigenvalue weighted by Gasteiger charge is 2.12. The van der Waals surface area contributed by atoms with Gasteiger partial charge in [0.15, 0.2) is 0 Å². The molecule has 1 heterocycles. The van der Waals surface area contributed by atoms with Crippen molar-refractivity contribution in [2.75, 3.05) is 5.32 Å². The van der Waals surface area contributed by atoms with E-state index in [1.165, 1.54) is 0 Å². The molecule has 28 heavy (non-hydrogen) atoms. The highest BCUT2D eigenvalue weighted by Crippen LogP contribution is 2.28. The summed E-state index contributed by atoms with van der Waals surface area (Å²) in [5.41, 5.74) is 3.31. The minimum absolute atomic E-state index is 0.140. The first kappa shape index (κ1) is 18.6. The lowest BCUT2D eigenvalue weighted by molar-refractivity contribution is -0.115. The summed E-state index contributed by atoms with van der Waals surface area (Å²) in [5.74, 6) is -0.140. The standard InChI is InChI=1S/C21H17ClN4OS/c22-17-7-3-1-5-14(17)11-21(27)25-16-9-10-19(20(12-16)28-23)26-18-8-4-2-6-15(18)13-24-26/h1-10,12-13H,11,23H2,(H,25,27). The molecule has 0 aliphatic carbocycles. The van der Waals surface area contributed by atoms with Gasteiger partial charge in [0, 0.05) is 16.1 Å². The predicted molar refractivity (Wildman–Crippen MR) is 115 cm³/mol. The molecule has 7 heteroatoms. The number of para-hydroxylation sites is 1. The van der Waals surface area contributed by atoms with Gasteiger partial charge in [-0.05, 0) is 47.8 Å². The Morgan fingerprint density at radius 2 is 1.89 bits per heavy atom. The number of amides is 1. The summed E-state index contributed by atoms with van der Waals surface area (Å²) in [4.78, 5) is 13.2. The summed E-state index contributed by atoms with van der Waals surface area (Å²) in [6.45, 7) is 0. The quantitative estimate of drug-likeness (QED) is 0.464. The van der Waals surface area contributed by atoms with E-state index in [0.29, 0.717) is 10.7 Å². The van der Waals surface area contributed by atoms with Crippen molar-refractivity contribution in [3.05, 3.63) is 83.5 Å². The van der Waals surface area contributed by atoms with Crippen molar-refractivity contribution < 1.29 is 4.79 Å². The van der Waals surface area contributed by atoms with Gasteiger partial charge in [0.25, 0.3) is 0 Å². The number of aromatic nitrogens is 2. The molecular formula is C21H17ClN4OS. The summed E-state index contributed by atoms with van der Waals surface area (Å²) in [6, 6.07) is 20.9. The highest BCUT2D eigenvalue weighted by atomic mass is 35.5. The molecule has 1 amide bonds. The number of nitrogens with one attached hydrogen (secondary N) is 1. The third-order valence-electron chi connectivity index (χ3n) is 4.38. The Balaban J connectivity index is 1.59. The zero-order valence-corrected chi connectivity index (χ0v) is 16.4. The summed E-state index contributed by atoms with van der Waals surface area (Å²) < 4.78 is 1.85. The van der Waals surface area contributed by atoms with Crippen molar-refractivity contribution >= 4 is 46.0 Å². The molecular weight excluding hydrogens is 392 g/mol. The van der Waals surface area contributed by atoms with Crippen molar-refractivity contribution in [1.29, 1.82) is 0 Å². The number of nitrogens with zero attached hydrogens (tertiary/aromatic N) is 2. The van der Waals surface area contributed by atoms with E-state index in [1.807, 2.05) is 71.5 Å². The van der Waals surface area contributed by atoms with Gasteiger partial charge in [-0.3, -0.25) is 9.93 Å². The van der Waals surface area contributed by atoms with Crippen molar-refractivity contribution in [2.45, 2.75) is 11.3 Å². The maximum absolute atomic E-state index is 12.4. The summed E-state index contributed by atoms with van der Waals surface area (Å²) in [5, 5.41) is 14.9. The molecule has 3 N–H and O–H groups in total. The van der Waals surface area contributed by atoms with Crippen molar-refractivity contribution in [1.82, 2.24) is 9.78 Å². The van der Waals surface area contributed by atoms with E-state index in [-0.39, 0.29) is 12.3 Å². The Kier molecular flexibility index (Phi) is 5.34. The third-order valence-corrected chi connectivity index (χ3v) is 5.33. The number of fused-ring (bicyclic) bond motifs is 1. The Hall–Kier alpha value is -2.80. The molecule has 0 atom stereocenters. The lowest BCUT2D eigenvalue weighted by Gasteiger charge is -2.12. The van der Waals surface area contributed by atoms with Crippen molar-refractivity contribution in [3.8, 4) is 5.69 Å². The van der Waals surface area contributed by atoms with Crippen LogP contribution in [0.3, 0.4) is 0 Å². The fourth-order valence-electron chi connectivity index (χ4n) is 3.04. The maximum Gasteiger partial charge on any atom is 0.228 e. The smallest absolute Gasteiger partial charge is 0.228 e. The Morgan fingerprint density at radius 3 is 2.71 bits per heavy atom. The van der Waals surface area contributed by atoms with Gasteiger partial charge in [0.1, 0.15) is 0 Å². The van der Waals surface area contributed by atoms with Crippen LogP contribution < -0.4 is 10.5 Å². The normalized spacial score (nSPS) is 10.9. The number of halogens is 1. The van der Waals surface area contributed by atoms with Crippen LogP contribution >= 0.6 is 23.5 Å². The van der Waals surface area contributed by atoms with E-state index in [9.17, 15) is 4.79 Å². The molecule has 0 aliphatic rings. The van der Waals surface area contributed by atoms with Crippen LogP contribution in [0.4, 0.5) is 5.69 Å². The second kappa shape index (κ2) is 8.06. The number of rotatable bonds is 5. The van der Waals surface area contributed by atoms with Gasteiger partial charge in [0.2, 0.25) is 5.91 Å². The van der Waals surface area contributed by atoms with Gasteiger partial charge < -0.3 is 5.32 Å². The van der Waals surface area contributed by atoms with E-state index in [0.717, 1.165) is 39.0 Å². The van der Waals surface area contributed by atoms with Crippen LogP contribution in [0, 0.1) is 0 Å². The molecule has 5 nitrogen and oxygen atoms in total. The maximum atomic E-state index is 12.4. The second-order valence-electron chi connectivity index (χ2n) is 6.23. The number of hydrogen-bond acceptors (Lipinski definition) is 4. The van der Waals surface area contributed by atoms with Crippen LogP contribution in [0.2, 0.25) is 5.02 Å². The lowest BCUT2D eigenvalue weighted by Crippen LogP contribution is -2.15. The average Bonchev–Trinajstić information content (AvgIpc) is 3.13. The van der Waals surface area contributed by atoms with Gasteiger partial charge in [-0.1, -0.05) is 48.0 Å². The van der Waals surface area contributed by atoms with E-state index >= 15 is 0 Å². The second-order valence-corrected chi connectivity index (χ2v) is 7.31. The molecule has 0 spiro atoms. The number of anilines is 1. The predicted octanol–water partition coefficient (Wildman–Crippen LogP) is 4.83. The monoisotopic (exact) mass is 408 g/mol. The zero-order valence-electron chi connectivity index (χ0n) is 14.8. The fourth-order valence-corrected chi connectivity index (χ4v) is 3.72. The van der Waals surface area contributed by atoms with E-state index < -0.39 is 0 Å². The molecule has 4 aromatic rings. The van der Waals surface area contributed by atoms with Gasteiger partial charge in [-0.25, -0.2) is 4.68 Å².